The van der Waals surface area contributed by atoms with E-state index < -0.39 is 0 Å². The van der Waals surface area contributed by atoms with Gasteiger partial charge in [-0.3, -0.25) is 0 Å². The van der Waals surface area contributed by atoms with Gasteiger partial charge in [0, 0.05) is 5.41 Å². The van der Waals surface area contributed by atoms with E-state index in [9.17, 15) is 0 Å². The minimum atomic E-state index is -0.220. The third kappa shape index (κ3) is 4.71. The first-order chi connectivity index (χ1) is 22.6. The Balaban J connectivity index is 1.61. The number of hydrogen-bond acceptors (Lipinski definition) is 0. The highest BCUT2D eigenvalue weighted by molar-refractivity contribution is 6.38. The number of rotatable bonds is 9. The number of benzene rings is 5. The molecule has 0 N–H and O–H groups in total. The molecule has 0 radical (unpaired) electrons. The van der Waals surface area contributed by atoms with Crippen LogP contribution in [0.3, 0.4) is 0 Å². The average molecular weight is 613 g/mol. The predicted octanol–water partition coefficient (Wildman–Crippen LogP) is 13.0. The fourth-order valence-electron chi connectivity index (χ4n) is 8.87. The highest BCUT2D eigenvalue weighted by Gasteiger charge is 2.46. The van der Waals surface area contributed by atoms with Crippen LogP contribution in [-0.2, 0) is 19.3 Å². The van der Waals surface area contributed by atoms with Crippen molar-refractivity contribution in [3.63, 3.8) is 0 Å². The summed E-state index contributed by atoms with van der Waals surface area (Å²) in [5, 5.41) is 5.39. The fourth-order valence-corrected chi connectivity index (χ4v) is 8.87. The van der Waals surface area contributed by atoms with Crippen LogP contribution in [0.2, 0.25) is 0 Å². The molecule has 0 bridgehead atoms. The zero-order valence-electron chi connectivity index (χ0n) is 29.4. The molecule has 0 atom stereocenters. The zero-order chi connectivity index (χ0) is 33.2. The van der Waals surface area contributed by atoms with Crippen LogP contribution in [0.4, 0.5) is 0 Å². The molecule has 5 aromatic carbocycles. The second kappa shape index (κ2) is 11.7. The SMILES string of the molecule is C=CCc1ccc2ccc(C3=C4C(=C(c5c(C)cc(CCC)cc5C(C)C)C3(C)C)c3ccc(CC=C)c5cccc4c35)c(C)c2c1. The van der Waals surface area contributed by atoms with Gasteiger partial charge in [-0.05, 0) is 138 Å². The van der Waals surface area contributed by atoms with Crippen molar-refractivity contribution in [2.75, 3.05) is 0 Å². The quantitative estimate of drug-likeness (QED) is 0.145. The molecule has 0 saturated heterocycles. The van der Waals surface area contributed by atoms with Gasteiger partial charge in [0.25, 0.3) is 0 Å². The van der Waals surface area contributed by atoms with Gasteiger partial charge in [0.2, 0.25) is 0 Å². The van der Waals surface area contributed by atoms with E-state index in [1.54, 1.807) is 0 Å². The first-order valence-corrected chi connectivity index (χ1v) is 17.6. The predicted molar refractivity (Wildman–Crippen MR) is 207 cm³/mol. The number of fused-ring (bicyclic) bond motifs is 4. The van der Waals surface area contributed by atoms with Gasteiger partial charge in [-0.15, -0.1) is 13.2 Å². The largest absolute Gasteiger partial charge is 0.103 e. The van der Waals surface area contributed by atoms with Crippen molar-refractivity contribution in [1.82, 2.24) is 0 Å². The molecular weight excluding hydrogens is 565 g/mol. The van der Waals surface area contributed by atoms with Gasteiger partial charge in [-0.25, -0.2) is 0 Å². The van der Waals surface area contributed by atoms with E-state index >= 15 is 0 Å². The Morgan fingerprint density at radius 1 is 0.723 bits per heavy atom. The summed E-state index contributed by atoms with van der Waals surface area (Å²) < 4.78 is 0. The van der Waals surface area contributed by atoms with Crippen molar-refractivity contribution < 1.29 is 0 Å². The monoisotopic (exact) mass is 612 g/mol. The van der Waals surface area contributed by atoms with Crippen LogP contribution in [0, 0.1) is 19.3 Å². The highest BCUT2D eigenvalue weighted by atomic mass is 14.5. The standard InChI is InChI=1S/C47H48/c1-10-14-31-19-20-34-21-23-35(30(7)40(34)26-31)45-43-37-18-13-17-36-33(16-12-3)22-24-38(42(36)37)44(43)46(47(45,8)9)41-29(6)25-32(15-11-2)27-39(41)28(4)5/h10,12-13,17-28H,1,3,11,14-16H2,2,4-9H3. The Hall–Kier alpha value is -4.42. The summed E-state index contributed by atoms with van der Waals surface area (Å²) in [5.41, 5.74) is 19.5. The molecule has 2 aliphatic carbocycles. The lowest BCUT2D eigenvalue weighted by Gasteiger charge is -2.33. The third-order valence-electron chi connectivity index (χ3n) is 10.9. The Kier molecular flexibility index (Phi) is 7.75. The summed E-state index contributed by atoms with van der Waals surface area (Å²) in [5.74, 6) is 0.418. The topological polar surface area (TPSA) is 0 Å². The Bertz CT molecular complexity index is 2190. The smallest absolute Gasteiger partial charge is 0.0171 e. The molecule has 0 amide bonds. The van der Waals surface area contributed by atoms with Crippen molar-refractivity contribution in [1.29, 1.82) is 0 Å². The maximum Gasteiger partial charge on any atom is 0.0171 e. The summed E-state index contributed by atoms with van der Waals surface area (Å²) in [6.45, 7) is 24.8. The van der Waals surface area contributed by atoms with Gasteiger partial charge in [-0.1, -0.05) is 126 Å². The molecular formula is C47H48. The molecule has 47 heavy (non-hydrogen) atoms. The molecule has 0 heterocycles. The second-order valence-corrected chi connectivity index (χ2v) is 14.7. The molecule has 0 nitrogen and oxygen atoms in total. The zero-order valence-corrected chi connectivity index (χ0v) is 29.4. The van der Waals surface area contributed by atoms with Gasteiger partial charge in [-0.2, -0.15) is 0 Å². The maximum absolute atomic E-state index is 4.09. The molecule has 7 rings (SSSR count). The molecule has 0 fully saturated rings. The first-order valence-electron chi connectivity index (χ1n) is 17.6. The summed E-state index contributed by atoms with van der Waals surface area (Å²) in [7, 11) is 0. The van der Waals surface area contributed by atoms with Crippen LogP contribution < -0.4 is 0 Å². The van der Waals surface area contributed by atoms with Crippen molar-refractivity contribution in [3.05, 3.63) is 154 Å². The molecule has 0 saturated carbocycles. The van der Waals surface area contributed by atoms with Crippen molar-refractivity contribution in [3.8, 4) is 0 Å². The van der Waals surface area contributed by atoms with Gasteiger partial charge >= 0.3 is 0 Å². The van der Waals surface area contributed by atoms with Gasteiger partial charge in [0.05, 0.1) is 0 Å². The van der Waals surface area contributed by atoms with Crippen LogP contribution in [-0.4, -0.2) is 0 Å². The summed E-state index contributed by atoms with van der Waals surface area (Å²) in [6, 6.07) is 28.4. The lowest BCUT2D eigenvalue weighted by atomic mass is 9.70. The summed E-state index contributed by atoms with van der Waals surface area (Å²) >= 11 is 0. The fraction of sp³-hybridized carbons (Fsp3) is 0.277. The van der Waals surface area contributed by atoms with Gasteiger partial charge < -0.3 is 0 Å². The molecule has 0 heteroatoms. The van der Waals surface area contributed by atoms with Crippen LogP contribution in [0.1, 0.15) is 103 Å². The van der Waals surface area contributed by atoms with E-state index in [0.29, 0.717) is 5.92 Å². The minimum absolute atomic E-state index is 0.220. The van der Waals surface area contributed by atoms with Crippen molar-refractivity contribution in [2.24, 2.45) is 5.41 Å². The van der Waals surface area contributed by atoms with E-state index in [1.807, 2.05) is 12.2 Å². The minimum Gasteiger partial charge on any atom is -0.103 e. The third-order valence-corrected chi connectivity index (χ3v) is 10.9. The lowest BCUT2D eigenvalue weighted by molar-refractivity contribution is 0.678. The Morgan fingerprint density at radius 2 is 1.43 bits per heavy atom. The average Bonchev–Trinajstić information content (AvgIpc) is 3.47. The van der Waals surface area contributed by atoms with Crippen LogP contribution >= 0.6 is 0 Å². The van der Waals surface area contributed by atoms with Crippen LogP contribution in [0.25, 0.3) is 43.8 Å². The molecule has 0 aliphatic heterocycles. The Morgan fingerprint density at radius 3 is 2.15 bits per heavy atom. The van der Waals surface area contributed by atoms with E-state index in [0.717, 1.165) is 25.7 Å². The van der Waals surface area contributed by atoms with Gasteiger partial charge in [0.15, 0.2) is 0 Å². The second-order valence-electron chi connectivity index (χ2n) is 14.7. The maximum atomic E-state index is 4.09. The molecule has 5 aromatic rings. The molecule has 2 aliphatic rings. The summed E-state index contributed by atoms with van der Waals surface area (Å²) in [4.78, 5) is 0. The highest BCUT2D eigenvalue weighted by Crippen LogP contribution is 2.66. The molecule has 0 unspecified atom stereocenters. The van der Waals surface area contributed by atoms with E-state index in [1.165, 1.54) is 99.5 Å². The molecule has 0 spiro atoms. The summed E-state index contributed by atoms with van der Waals surface area (Å²) in [6.07, 6.45) is 8.07. The Labute approximate surface area is 282 Å². The van der Waals surface area contributed by atoms with E-state index in [4.69, 9.17) is 0 Å². The molecule has 236 valence electrons. The molecule has 0 aromatic heterocycles. The van der Waals surface area contributed by atoms with Crippen LogP contribution in [0.15, 0.2) is 98.1 Å². The number of allylic oxidation sites excluding steroid dienone is 6. The van der Waals surface area contributed by atoms with E-state index in [-0.39, 0.29) is 5.41 Å². The lowest BCUT2D eigenvalue weighted by Crippen LogP contribution is -2.17. The van der Waals surface area contributed by atoms with Gasteiger partial charge in [0.1, 0.15) is 0 Å². The van der Waals surface area contributed by atoms with Crippen molar-refractivity contribution >= 4 is 43.8 Å². The number of hydrogen-bond donors (Lipinski definition) is 0. The van der Waals surface area contributed by atoms with Crippen molar-refractivity contribution in [2.45, 2.75) is 80.1 Å². The van der Waals surface area contributed by atoms with E-state index in [2.05, 4.69) is 134 Å². The number of aryl methyl sites for hydroxylation is 3. The normalized spacial score (nSPS) is 15.0. The van der Waals surface area contributed by atoms with Crippen LogP contribution in [0.5, 0.6) is 0 Å². The first kappa shape index (κ1) is 31.2.